The van der Waals surface area contributed by atoms with Gasteiger partial charge < -0.3 is 10.7 Å². The predicted molar refractivity (Wildman–Crippen MR) is 111 cm³/mol. The van der Waals surface area contributed by atoms with Crippen molar-refractivity contribution in [2.24, 2.45) is 0 Å². The number of H-pyrrole nitrogens is 1. The third kappa shape index (κ3) is 2.69. The number of hydrogen-bond donors (Lipinski definition) is 2. The first kappa shape index (κ1) is 17.0. The quantitative estimate of drug-likeness (QED) is 0.458. The molecule has 0 unspecified atom stereocenters. The summed E-state index contributed by atoms with van der Waals surface area (Å²) in [6, 6.07) is 7.80. The molecule has 0 radical (unpaired) electrons. The number of nitrogens with two attached hydrogens (primary N) is 1. The van der Waals surface area contributed by atoms with Crippen molar-refractivity contribution in [1.29, 1.82) is 0 Å². The lowest BCUT2D eigenvalue weighted by Gasteiger charge is -2.16. The molecule has 0 aliphatic heterocycles. The molecule has 7 nitrogen and oxygen atoms in total. The SMILES string of the molecule is C[C@H](c1nc(N)c2[nH]cnc2n1)c1cc2cccc(Cl)c2nc1-c1cscn1. The lowest BCUT2D eigenvalue weighted by Crippen LogP contribution is -2.08. The smallest absolute Gasteiger partial charge is 0.183 e. The third-order valence-electron chi connectivity index (χ3n) is 4.69. The third-order valence-corrected chi connectivity index (χ3v) is 5.58. The molecule has 0 saturated carbocycles. The molecule has 0 spiro atoms. The van der Waals surface area contributed by atoms with Crippen LogP contribution >= 0.6 is 22.9 Å². The van der Waals surface area contributed by atoms with Crippen molar-refractivity contribution in [3.05, 3.63) is 57.9 Å². The van der Waals surface area contributed by atoms with Crippen LogP contribution in [0.15, 0.2) is 41.5 Å². The molecule has 138 valence electrons. The minimum Gasteiger partial charge on any atom is -0.382 e. The summed E-state index contributed by atoms with van der Waals surface area (Å²) < 4.78 is 0. The van der Waals surface area contributed by atoms with E-state index in [2.05, 4.69) is 31.0 Å². The van der Waals surface area contributed by atoms with Crippen LogP contribution in [0, 0.1) is 0 Å². The number of nitrogens with one attached hydrogen (secondary N) is 1. The Kier molecular flexibility index (Phi) is 3.96. The second kappa shape index (κ2) is 6.50. The molecule has 0 saturated heterocycles. The Morgan fingerprint density at radius 3 is 2.89 bits per heavy atom. The van der Waals surface area contributed by atoms with Gasteiger partial charge in [0.05, 0.1) is 33.8 Å². The van der Waals surface area contributed by atoms with Crippen molar-refractivity contribution in [3.63, 3.8) is 0 Å². The number of fused-ring (bicyclic) bond motifs is 2. The van der Waals surface area contributed by atoms with E-state index >= 15 is 0 Å². The van der Waals surface area contributed by atoms with Gasteiger partial charge in [-0.15, -0.1) is 11.3 Å². The van der Waals surface area contributed by atoms with Crippen molar-refractivity contribution in [2.75, 3.05) is 5.73 Å². The summed E-state index contributed by atoms with van der Waals surface area (Å²) in [7, 11) is 0. The molecular formula is C19H14ClN7S. The van der Waals surface area contributed by atoms with Crippen molar-refractivity contribution in [1.82, 2.24) is 29.9 Å². The van der Waals surface area contributed by atoms with Gasteiger partial charge in [-0.2, -0.15) is 0 Å². The van der Waals surface area contributed by atoms with Crippen LogP contribution < -0.4 is 5.73 Å². The van der Waals surface area contributed by atoms with Crippen LogP contribution in [0.25, 0.3) is 33.5 Å². The number of para-hydroxylation sites is 1. The molecule has 5 rings (SSSR count). The molecule has 28 heavy (non-hydrogen) atoms. The number of nitrogens with zero attached hydrogens (tertiary/aromatic N) is 5. The van der Waals surface area contributed by atoms with E-state index < -0.39 is 0 Å². The van der Waals surface area contributed by atoms with Crippen molar-refractivity contribution in [3.8, 4) is 11.4 Å². The normalized spacial score (nSPS) is 12.6. The number of imidazole rings is 1. The summed E-state index contributed by atoms with van der Waals surface area (Å²) in [5, 5.41) is 3.52. The Morgan fingerprint density at radius 2 is 2.07 bits per heavy atom. The molecule has 0 amide bonds. The highest BCUT2D eigenvalue weighted by molar-refractivity contribution is 7.07. The van der Waals surface area contributed by atoms with Gasteiger partial charge in [0.15, 0.2) is 11.5 Å². The lowest BCUT2D eigenvalue weighted by atomic mass is 9.95. The molecule has 3 N–H and O–H groups in total. The van der Waals surface area contributed by atoms with Crippen LogP contribution in [0.1, 0.15) is 24.2 Å². The van der Waals surface area contributed by atoms with E-state index in [0.29, 0.717) is 27.8 Å². The number of anilines is 1. The Balaban J connectivity index is 1.75. The van der Waals surface area contributed by atoms with Crippen LogP contribution in [-0.4, -0.2) is 29.9 Å². The highest BCUT2D eigenvalue weighted by Crippen LogP contribution is 2.35. The molecule has 1 atom stereocenters. The van der Waals surface area contributed by atoms with E-state index in [9.17, 15) is 0 Å². The average Bonchev–Trinajstić information content (AvgIpc) is 3.39. The number of aromatic amines is 1. The summed E-state index contributed by atoms with van der Waals surface area (Å²) in [6.07, 6.45) is 1.56. The molecule has 1 aromatic carbocycles. The van der Waals surface area contributed by atoms with Crippen LogP contribution in [0.2, 0.25) is 5.02 Å². The number of benzene rings is 1. The molecule has 0 fully saturated rings. The Labute approximate surface area is 168 Å². The zero-order valence-electron chi connectivity index (χ0n) is 14.7. The fourth-order valence-electron chi connectivity index (χ4n) is 3.25. The van der Waals surface area contributed by atoms with Gasteiger partial charge in [-0.3, -0.25) is 0 Å². The number of nitrogen functional groups attached to an aromatic ring is 1. The van der Waals surface area contributed by atoms with E-state index in [1.807, 2.05) is 30.5 Å². The van der Waals surface area contributed by atoms with Crippen LogP contribution in [0.4, 0.5) is 5.82 Å². The number of halogens is 1. The molecular weight excluding hydrogens is 394 g/mol. The van der Waals surface area contributed by atoms with E-state index in [-0.39, 0.29) is 5.92 Å². The van der Waals surface area contributed by atoms with Gasteiger partial charge >= 0.3 is 0 Å². The van der Waals surface area contributed by atoms with Crippen LogP contribution in [0.3, 0.4) is 0 Å². The molecule has 4 aromatic heterocycles. The Hall–Kier alpha value is -3.10. The van der Waals surface area contributed by atoms with E-state index in [1.54, 1.807) is 11.8 Å². The molecule has 0 bridgehead atoms. The predicted octanol–water partition coefficient (Wildman–Crippen LogP) is 4.41. The van der Waals surface area contributed by atoms with Gasteiger partial charge in [0.25, 0.3) is 0 Å². The van der Waals surface area contributed by atoms with Gasteiger partial charge in [0.1, 0.15) is 11.3 Å². The monoisotopic (exact) mass is 407 g/mol. The second-order valence-corrected chi connectivity index (χ2v) is 7.53. The summed E-state index contributed by atoms with van der Waals surface area (Å²) in [4.78, 5) is 25.6. The lowest BCUT2D eigenvalue weighted by molar-refractivity contribution is 0.825. The van der Waals surface area contributed by atoms with Gasteiger partial charge in [-0.05, 0) is 17.7 Å². The highest BCUT2D eigenvalue weighted by atomic mass is 35.5. The number of aromatic nitrogens is 6. The van der Waals surface area contributed by atoms with Gasteiger partial charge in [0.2, 0.25) is 0 Å². The minimum absolute atomic E-state index is 0.170. The van der Waals surface area contributed by atoms with E-state index in [1.165, 1.54) is 11.3 Å². The van der Waals surface area contributed by atoms with E-state index in [0.717, 1.165) is 27.9 Å². The maximum Gasteiger partial charge on any atom is 0.183 e. The fourth-order valence-corrected chi connectivity index (χ4v) is 4.01. The zero-order chi connectivity index (χ0) is 19.3. The Bertz CT molecular complexity index is 1310. The maximum absolute atomic E-state index is 6.38. The minimum atomic E-state index is -0.170. The summed E-state index contributed by atoms with van der Waals surface area (Å²) >= 11 is 7.90. The zero-order valence-corrected chi connectivity index (χ0v) is 16.3. The number of rotatable bonds is 3. The molecule has 0 aliphatic carbocycles. The first-order chi connectivity index (χ1) is 13.6. The molecule has 4 heterocycles. The second-order valence-electron chi connectivity index (χ2n) is 6.40. The number of pyridine rings is 1. The first-order valence-electron chi connectivity index (χ1n) is 8.56. The van der Waals surface area contributed by atoms with Crippen molar-refractivity contribution in [2.45, 2.75) is 12.8 Å². The maximum atomic E-state index is 6.38. The van der Waals surface area contributed by atoms with Crippen molar-refractivity contribution < 1.29 is 0 Å². The Morgan fingerprint density at radius 1 is 1.18 bits per heavy atom. The van der Waals surface area contributed by atoms with Gasteiger partial charge in [0, 0.05) is 16.7 Å². The highest BCUT2D eigenvalue weighted by Gasteiger charge is 2.22. The van der Waals surface area contributed by atoms with E-state index in [4.69, 9.17) is 22.3 Å². The summed E-state index contributed by atoms with van der Waals surface area (Å²) in [6.45, 7) is 2.02. The van der Waals surface area contributed by atoms with Crippen LogP contribution in [-0.2, 0) is 0 Å². The topological polar surface area (TPSA) is 106 Å². The van der Waals surface area contributed by atoms with Gasteiger partial charge in [-0.25, -0.2) is 24.9 Å². The standard InChI is InChI=1S/C19H14ClN7S/c1-9(18-26-17(21)16-19(27-18)23-7-22-16)11-5-10-3-2-4-12(20)14(10)25-15(11)13-6-28-8-24-13/h2-9H,1H3,(H3,21,22,23,26,27)/t9-/m0/s1. The number of hydrogen-bond acceptors (Lipinski definition) is 7. The summed E-state index contributed by atoms with van der Waals surface area (Å²) in [5.41, 5.74) is 12.3. The van der Waals surface area contributed by atoms with Crippen LogP contribution in [0.5, 0.6) is 0 Å². The first-order valence-corrected chi connectivity index (χ1v) is 9.88. The largest absolute Gasteiger partial charge is 0.382 e. The molecule has 5 aromatic rings. The fraction of sp³-hybridized carbons (Fsp3) is 0.105. The summed E-state index contributed by atoms with van der Waals surface area (Å²) in [5.74, 6) is 0.782. The van der Waals surface area contributed by atoms with Crippen molar-refractivity contribution >= 4 is 50.8 Å². The number of thiazole rings is 1. The average molecular weight is 408 g/mol. The van der Waals surface area contributed by atoms with Gasteiger partial charge in [-0.1, -0.05) is 30.7 Å². The molecule has 9 heteroatoms. The molecule has 0 aliphatic rings.